The minimum Gasteiger partial charge on any atom is -0.494 e. The van der Waals surface area contributed by atoms with Crippen LogP contribution in [0.1, 0.15) is 18.1 Å². The highest BCUT2D eigenvalue weighted by atomic mass is 16.6. The number of nitro groups is 1. The Hall–Kier alpha value is -3.54. The predicted molar refractivity (Wildman–Crippen MR) is 109 cm³/mol. The minimum atomic E-state index is -0.411. The van der Waals surface area contributed by atoms with Crippen LogP contribution in [-0.2, 0) is 13.2 Å². The van der Waals surface area contributed by atoms with E-state index in [4.69, 9.17) is 9.47 Å². The molecule has 144 valence electrons. The molecule has 0 aromatic heterocycles. The van der Waals surface area contributed by atoms with E-state index in [1.54, 1.807) is 12.1 Å². The van der Waals surface area contributed by atoms with Crippen molar-refractivity contribution in [3.8, 4) is 11.5 Å². The third-order valence-electron chi connectivity index (χ3n) is 4.11. The van der Waals surface area contributed by atoms with Gasteiger partial charge in [0.15, 0.2) is 0 Å². The van der Waals surface area contributed by atoms with E-state index in [-0.39, 0.29) is 5.69 Å². The summed E-state index contributed by atoms with van der Waals surface area (Å²) in [5.74, 6) is 1.61. The highest BCUT2D eigenvalue weighted by Gasteiger charge is 2.05. The topological polar surface area (TPSA) is 73.6 Å². The Morgan fingerprint density at radius 2 is 1.64 bits per heavy atom. The van der Waals surface area contributed by atoms with Crippen molar-refractivity contribution in [2.45, 2.75) is 20.1 Å². The molecule has 0 aliphatic carbocycles. The lowest BCUT2D eigenvalue weighted by atomic mass is 10.2. The summed E-state index contributed by atoms with van der Waals surface area (Å²) in [4.78, 5) is 10.3. The number of non-ortho nitro benzene ring substituents is 1. The number of hydrogen-bond donors (Lipinski definition) is 1. The first-order valence-corrected chi connectivity index (χ1v) is 9.06. The van der Waals surface area contributed by atoms with Crippen LogP contribution in [0.25, 0.3) is 0 Å². The summed E-state index contributed by atoms with van der Waals surface area (Å²) in [5.41, 5.74) is 3.06. The molecule has 28 heavy (non-hydrogen) atoms. The smallest absolute Gasteiger partial charge is 0.269 e. The van der Waals surface area contributed by atoms with Gasteiger partial charge in [-0.25, -0.2) is 0 Å². The van der Waals surface area contributed by atoms with Crippen LogP contribution in [0.15, 0.2) is 72.8 Å². The molecule has 0 amide bonds. The monoisotopic (exact) mass is 378 g/mol. The molecule has 0 unspecified atom stereocenters. The average Bonchev–Trinajstić information content (AvgIpc) is 2.72. The molecular formula is C22H22N2O4. The van der Waals surface area contributed by atoms with Gasteiger partial charge in [-0.3, -0.25) is 10.1 Å². The van der Waals surface area contributed by atoms with Crippen LogP contribution in [0.3, 0.4) is 0 Å². The van der Waals surface area contributed by atoms with Crippen molar-refractivity contribution in [3.63, 3.8) is 0 Å². The summed E-state index contributed by atoms with van der Waals surface area (Å²) in [6, 6.07) is 22.1. The summed E-state index contributed by atoms with van der Waals surface area (Å²) in [5, 5.41) is 14.1. The number of hydrogen-bond acceptors (Lipinski definition) is 5. The van der Waals surface area contributed by atoms with Crippen molar-refractivity contribution in [3.05, 3.63) is 94.0 Å². The molecule has 0 atom stereocenters. The molecule has 3 aromatic rings. The van der Waals surface area contributed by atoms with E-state index < -0.39 is 4.92 Å². The fourth-order valence-corrected chi connectivity index (χ4v) is 2.67. The van der Waals surface area contributed by atoms with Crippen molar-refractivity contribution in [1.82, 2.24) is 0 Å². The molecule has 0 fully saturated rings. The molecular weight excluding hydrogens is 356 g/mol. The number of nitrogens with zero attached hydrogens (tertiary/aromatic N) is 1. The van der Waals surface area contributed by atoms with Gasteiger partial charge < -0.3 is 14.8 Å². The zero-order valence-electron chi connectivity index (χ0n) is 15.6. The van der Waals surface area contributed by atoms with Crippen LogP contribution < -0.4 is 14.8 Å². The Balaban J connectivity index is 1.54. The molecule has 0 bridgehead atoms. The SMILES string of the molecule is CCOc1ccc(NCc2cccc(OCc3ccc([N+](=O)[O-])cc3)c2)cc1. The zero-order chi connectivity index (χ0) is 19.8. The van der Waals surface area contributed by atoms with Crippen LogP contribution in [0.4, 0.5) is 11.4 Å². The standard InChI is InChI=1S/C22H22N2O4/c1-2-27-21-12-8-19(9-13-21)23-15-18-4-3-5-22(14-18)28-16-17-6-10-20(11-7-17)24(25)26/h3-14,23H,2,15-16H2,1H3. The number of anilines is 1. The van der Waals surface area contributed by atoms with Crippen LogP contribution in [0.5, 0.6) is 11.5 Å². The van der Waals surface area contributed by atoms with Crippen molar-refractivity contribution in [1.29, 1.82) is 0 Å². The molecule has 0 aliphatic rings. The van der Waals surface area contributed by atoms with E-state index in [1.807, 2.05) is 55.5 Å². The van der Waals surface area contributed by atoms with E-state index >= 15 is 0 Å². The maximum absolute atomic E-state index is 10.7. The van der Waals surface area contributed by atoms with Gasteiger partial charge in [0.1, 0.15) is 18.1 Å². The lowest BCUT2D eigenvalue weighted by Gasteiger charge is -2.10. The third-order valence-corrected chi connectivity index (χ3v) is 4.11. The second-order valence-corrected chi connectivity index (χ2v) is 6.17. The number of ether oxygens (including phenoxy) is 2. The Morgan fingerprint density at radius 3 is 2.32 bits per heavy atom. The Labute approximate surface area is 163 Å². The van der Waals surface area contributed by atoms with Crippen molar-refractivity contribution in [2.75, 3.05) is 11.9 Å². The molecule has 0 heterocycles. The average molecular weight is 378 g/mol. The number of benzene rings is 3. The van der Waals surface area contributed by atoms with E-state index in [0.717, 1.165) is 28.3 Å². The highest BCUT2D eigenvalue weighted by molar-refractivity contribution is 5.47. The first kappa shape index (κ1) is 19.2. The Morgan fingerprint density at radius 1 is 0.893 bits per heavy atom. The summed E-state index contributed by atoms with van der Waals surface area (Å²) >= 11 is 0. The summed E-state index contributed by atoms with van der Waals surface area (Å²) < 4.78 is 11.3. The van der Waals surface area contributed by atoms with Crippen LogP contribution >= 0.6 is 0 Å². The van der Waals surface area contributed by atoms with Gasteiger partial charge in [0.2, 0.25) is 0 Å². The molecule has 3 aromatic carbocycles. The van der Waals surface area contributed by atoms with Crippen molar-refractivity contribution in [2.24, 2.45) is 0 Å². The normalized spacial score (nSPS) is 10.3. The van der Waals surface area contributed by atoms with Crippen LogP contribution in [-0.4, -0.2) is 11.5 Å². The van der Waals surface area contributed by atoms with E-state index in [1.165, 1.54) is 12.1 Å². The Kier molecular flexibility index (Phi) is 6.46. The molecule has 3 rings (SSSR count). The molecule has 6 heteroatoms. The van der Waals surface area contributed by atoms with Gasteiger partial charge in [0.25, 0.3) is 5.69 Å². The highest BCUT2D eigenvalue weighted by Crippen LogP contribution is 2.19. The van der Waals surface area contributed by atoms with E-state index in [2.05, 4.69) is 5.32 Å². The molecule has 0 aliphatic heterocycles. The summed E-state index contributed by atoms with van der Waals surface area (Å²) in [6.45, 7) is 3.64. The largest absolute Gasteiger partial charge is 0.494 e. The first-order chi connectivity index (χ1) is 13.6. The quantitative estimate of drug-likeness (QED) is 0.410. The van der Waals surface area contributed by atoms with E-state index in [0.29, 0.717) is 19.8 Å². The third kappa shape index (κ3) is 5.48. The fraction of sp³-hybridized carbons (Fsp3) is 0.182. The number of nitrogens with one attached hydrogen (secondary N) is 1. The summed E-state index contributed by atoms with van der Waals surface area (Å²) in [7, 11) is 0. The molecule has 0 saturated carbocycles. The molecule has 1 N–H and O–H groups in total. The molecule has 6 nitrogen and oxygen atoms in total. The molecule has 0 saturated heterocycles. The maximum atomic E-state index is 10.7. The van der Waals surface area contributed by atoms with Gasteiger partial charge in [0.05, 0.1) is 11.5 Å². The van der Waals surface area contributed by atoms with Gasteiger partial charge in [-0.1, -0.05) is 12.1 Å². The maximum Gasteiger partial charge on any atom is 0.269 e. The molecule has 0 radical (unpaired) electrons. The summed E-state index contributed by atoms with van der Waals surface area (Å²) in [6.07, 6.45) is 0. The minimum absolute atomic E-state index is 0.0751. The molecule has 0 spiro atoms. The first-order valence-electron chi connectivity index (χ1n) is 9.06. The lowest BCUT2D eigenvalue weighted by Crippen LogP contribution is -2.01. The predicted octanol–water partition coefficient (Wildman–Crippen LogP) is 5.18. The van der Waals surface area contributed by atoms with E-state index in [9.17, 15) is 10.1 Å². The van der Waals surface area contributed by atoms with Gasteiger partial charge >= 0.3 is 0 Å². The number of rotatable bonds is 9. The van der Waals surface area contributed by atoms with Crippen molar-refractivity contribution < 1.29 is 14.4 Å². The van der Waals surface area contributed by atoms with Crippen molar-refractivity contribution >= 4 is 11.4 Å². The van der Waals surface area contributed by atoms with Gasteiger partial charge in [-0.05, 0) is 66.6 Å². The van der Waals surface area contributed by atoms with Crippen LogP contribution in [0, 0.1) is 10.1 Å². The second-order valence-electron chi connectivity index (χ2n) is 6.17. The Bertz CT molecular complexity index is 909. The van der Waals surface area contributed by atoms with Gasteiger partial charge in [-0.15, -0.1) is 0 Å². The fourth-order valence-electron chi connectivity index (χ4n) is 2.67. The zero-order valence-corrected chi connectivity index (χ0v) is 15.6. The van der Waals surface area contributed by atoms with Crippen LogP contribution in [0.2, 0.25) is 0 Å². The van der Waals surface area contributed by atoms with Gasteiger partial charge in [-0.2, -0.15) is 0 Å². The van der Waals surface area contributed by atoms with Gasteiger partial charge in [0, 0.05) is 24.4 Å². The number of nitro benzene ring substituents is 1. The lowest BCUT2D eigenvalue weighted by molar-refractivity contribution is -0.384. The second kappa shape index (κ2) is 9.41.